The molecular formula is C11H19N5O3. The van der Waals surface area contributed by atoms with E-state index < -0.39 is 12.0 Å². The highest BCUT2D eigenvalue weighted by Gasteiger charge is 2.15. The van der Waals surface area contributed by atoms with Crippen LogP contribution in [0.3, 0.4) is 0 Å². The molecule has 0 saturated carbocycles. The molecule has 19 heavy (non-hydrogen) atoms. The Kier molecular flexibility index (Phi) is 4.83. The number of hydrogen-bond donors (Lipinski definition) is 2. The molecule has 8 heteroatoms. The number of aromatic nitrogens is 3. The minimum atomic E-state index is -1.03. The number of carboxylic acid groups (broad SMARTS) is 1. The molecule has 3 N–H and O–H groups in total. The van der Waals surface area contributed by atoms with Crippen LogP contribution in [-0.2, 0) is 22.5 Å². The maximum Gasteiger partial charge on any atom is 0.320 e. The Balaban J connectivity index is 1.78. The van der Waals surface area contributed by atoms with E-state index in [2.05, 4.69) is 15.2 Å². The summed E-state index contributed by atoms with van der Waals surface area (Å²) in [5.74, 6) is -1.03. The molecule has 0 amide bonds. The van der Waals surface area contributed by atoms with Crippen LogP contribution >= 0.6 is 0 Å². The average molecular weight is 269 g/mol. The number of hydrogen-bond acceptors (Lipinski definition) is 6. The van der Waals surface area contributed by atoms with Crippen molar-refractivity contribution >= 4 is 5.97 Å². The van der Waals surface area contributed by atoms with Gasteiger partial charge in [-0.3, -0.25) is 14.4 Å². The highest BCUT2D eigenvalue weighted by molar-refractivity contribution is 5.73. The molecule has 1 atom stereocenters. The van der Waals surface area contributed by atoms with E-state index in [-0.39, 0.29) is 6.42 Å². The summed E-state index contributed by atoms with van der Waals surface area (Å²) < 4.78 is 7.00. The van der Waals surface area contributed by atoms with Crippen LogP contribution < -0.4 is 5.73 Å². The van der Waals surface area contributed by atoms with Crippen LogP contribution in [0.15, 0.2) is 6.20 Å². The number of morpholine rings is 1. The molecule has 1 unspecified atom stereocenters. The molecule has 106 valence electrons. The molecule has 0 bridgehead atoms. The number of carbonyl (C=O) groups is 1. The Hall–Kier alpha value is -1.51. The minimum Gasteiger partial charge on any atom is -0.480 e. The molecule has 1 aromatic rings. The topological polar surface area (TPSA) is 107 Å². The molecule has 1 aromatic heterocycles. The lowest BCUT2D eigenvalue weighted by Crippen LogP contribution is -2.38. The fourth-order valence-corrected chi connectivity index (χ4v) is 1.92. The van der Waals surface area contributed by atoms with E-state index in [1.54, 1.807) is 10.9 Å². The number of nitrogens with zero attached hydrogens (tertiary/aromatic N) is 4. The van der Waals surface area contributed by atoms with Crippen LogP contribution in [0.1, 0.15) is 5.69 Å². The number of ether oxygens (including phenoxy) is 1. The van der Waals surface area contributed by atoms with E-state index in [0.717, 1.165) is 39.4 Å². The fourth-order valence-electron chi connectivity index (χ4n) is 1.92. The van der Waals surface area contributed by atoms with Gasteiger partial charge in [0.25, 0.3) is 0 Å². The first-order valence-corrected chi connectivity index (χ1v) is 6.32. The van der Waals surface area contributed by atoms with Crippen LogP contribution in [-0.4, -0.2) is 69.9 Å². The Bertz CT molecular complexity index is 416. The summed E-state index contributed by atoms with van der Waals surface area (Å²) in [4.78, 5) is 12.9. The Labute approximate surface area is 111 Å². The fraction of sp³-hybridized carbons (Fsp3) is 0.727. The largest absolute Gasteiger partial charge is 0.480 e. The second kappa shape index (κ2) is 6.60. The number of rotatable bonds is 6. The third-order valence-corrected chi connectivity index (χ3v) is 3.08. The molecule has 1 aliphatic rings. The van der Waals surface area contributed by atoms with Crippen molar-refractivity contribution in [2.24, 2.45) is 5.73 Å². The summed E-state index contributed by atoms with van der Waals surface area (Å²) in [6.07, 6.45) is 1.95. The first kappa shape index (κ1) is 13.9. The predicted octanol–water partition coefficient (Wildman–Crippen LogP) is -1.44. The molecule has 0 aliphatic carbocycles. The van der Waals surface area contributed by atoms with Gasteiger partial charge in [-0.1, -0.05) is 5.21 Å². The van der Waals surface area contributed by atoms with Gasteiger partial charge in [0.15, 0.2) is 0 Å². The molecule has 0 radical (unpaired) electrons. The van der Waals surface area contributed by atoms with Crippen molar-refractivity contribution in [3.63, 3.8) is 0 Å². The third kappa shape index (κ3) is 4.27. The zero-order valence-electron chi connectivity index (χ0n) is 10.7. The van der Waals surface area contributed by atoms with Gasteiger partial charge in [0.1, 0.15) is 6.04 Å². The first-order valence-electron chi connectivity index (χ1n) is 6.32. The van der Waals surface area contributed by atoms with E-state index in [9.17, 15) is 4.79 Å². The van der Waals surface area contributed by atoms with Gasteiger partial charge in [-0.05, 0) is 0 Å². The van der Waals surface area contributed by atoms with Gasteiger partial charge in [0.2, 0.25) is 0 Å². The van der Waals surface area contributed by atoms with Crippen LogP contribution in [0, 0.1) is 0 Å². The van der Waals surface area contributed by atoms with Gasteiger partial charge < -0.3 is 15.6 Å². The van der Waals surface area contributed by atoms with Gasteiger partial charge in [-0.15, -0.1) is 5.10 Å². The quantitative estimate of drug-likeness (QED) is 0.651. The van der Waals surface area contributed by atoms with Gasteiger partial charge >= 0.3 is 5.97 Å². The van der Waals surface area contributed by atoms with E-state index in [1.807, 2.05) is 0 Å². The van der Waals surface area contributed by atoms with Crippen LogP contribution in [0.5, 0.6) is 0 Å². The lowest BCUT2D eigenvalue weighted by molar-refractivity contribution is -0.138. The van der Waals surface area contributed by atoms with E-state index in [4.69, 9.17) is 15.6 Å². The lowest BCUT2D eigenvalue weighted by atomic mass is 10.2. The van der Waals surface area contributed by atoms with Gasteiger partial charge in [-0.2, -0.15) is 0 Å². The molecular weight excluding hydrogens is 250 g/mol. The molecule has 0 aromatic carbocycles. The molecule has 1 saturated heterocycles. The average Bonchev–Trinajstić information content (AvgIpc) is 2.85. The van der Waals surface area contributed by atoms with Crippen LogP contribution in [0.4, 0.5) is 0 Å². The minimum absolute atomic E-state index is 0.201. The second-order valence-electron chi connectivity index (χ2n) is 4.58. The zero-order valence-corrected chi connectivity index (χ0v) is 10.7. The smallest absolute Gasteiger partial charge is 0.320 e. The van der Waals surface area contributed by atoms with Crippen molar-refractivity contribution in [2.45, 2.75) is 19.0 Å². The van der Waals surface area contributed by atoms with Crippen molar-refractivity contribution in [3.05, 3.63) is 11.9 Å². The molecule has 1 fully saturated rings. The number of nitrogens with two attached hydrogens (primary N) is 1. The van der Waals surface area contributed by atoms with Gasteiger partial charge in [0, 0.05) is 32.3 Å². The standard InChI is InChI=1S/C11H19N5O3/c12-10(11(17)18)7-9-8-16(14-13-9)2-1-15-3-5-19-6-4-15/h8,10H,1-7,12H2,(H,17,18). The number of carboxylic acids is 1. The van der Waals surface area contributed by atoms with Crippen LogP contribution in [0.2, 0.25) is 0 Å². The van der Waals surface area contributed by atoms with Gasteiger partial charge in [0.05, 0.1) is 25.5 Å². The Morgan fingerprint density at radius 3 is 2.89 bits per heavy atom. The summed E-state index contributed by atoms with van der Waals surface area (Å²) in [7, 11) is 0. The summed E-state index contributed by atoms with van der Waals surface area (Å²) in [5.41, 5.74) is 6.06. The highest BCUT2D eigenvalue weighted by atomic mass is 16.5. The first-order chi connectivity index (χ1) is 9.15. The van der Waals surface area contributed by atoms with E-state index >= 15 is 0 Å². The molecule has 8 nitrogen and oxygen atoms in total. The molecule has 2 heterocycles. The monoisotopic (exact) mass is 269 g/mol. The van der Waals surface area contributed by atoms with Crippen molar-refractivity contribution in [3.8, 4) is 0 Å². The lowest BCUT2D eigenvalue weighted by Gasteiger charge is -2.26. The third-order valence-electron chi connectivity index (χ3n) is 3.08. The normalized spacial score (nSPS) is 18.4. The van der Waals surface area contributed by atoms with Gasteiger partial charge in [-0.25, -0.2) is 0 Å². The van der Waals surface area contributed by atoms with Crippen molar-refractivity contribution in [1.82, 2.24) is 19.9 Å². The van der Waals surface area contributed by atoms with E-state index in [0.29, 0.717) is 5.69 Å². The Morgan fingerprint density at radius 1 is 1.47 bits per heavy atom. The summed E-state index contributed by atoms with van der Waals surface area (Å²) >= 11 is 0. The number of aliphatic carboxylic acids is 1. The maximum atomic E-state index is 10.6. The Morgan fingerprint density at radius 2 is 2.21 bits per heavy atom. The maximum absolute atomic E-state index is 10.6. The summed E-state index contributed by atoms with van der Waals surface area (Å²) in [6.45, 7) is 5.04. The summed E-state index contributed by atoms with van der Waals surface area (Å²) in [5, 5.41) is 16.6. The second-order valence-corrected chi connectivity index (χ2v) is 4.58. The molecule has 2 rings (SSSR count). The van der Waals surface area contributed by atoms with E-state index in [1.165, 1.54) is 0 Å². The molecule has 1 aliphatic heterocycles. The zero-order chi connectivity index (χ0) is 13.7. The van der Waals surface area contributed by atoms with Crippen molar-refractivity contribution < 1.29 is 14.6 Å². The molecule has 0 spiro atoms. The summed E-state index contributed by atoms with van der Waals surface area (Å²) in [6, 6.07) is -0.926. The van der Waals surface area contributed by atoms with Crippen LogP contribution in [0.25, 0.3) is 0 Å². The SMILES string of the molecule is NC(Cc1cn(CCN2CCOCC2)nn1)C(=O)O. The highest BCUT2D eigenvalue weighted by Crippen LogP contribution is 2.00. The van der Waals surface area contributed by atoms with Crippen molar-refractivity contribution in [2.75, 3.05) is 32.8 Å². The van der Waals surface area contributed by atoms with Crippen molar-refractivity contribution in [1.29, 1.82) is 0 Å². The predicted molar refractivity (Wildman–Crippen MR) is 66.6 cm³/mol.